The van der Waals surface area contributed by atoms with Crippen molar-refractivity contribution in [1.82, 2.24) is 0 Å². The fraction of sp³-hybridized carbons (Fsp3) is 0.143. The summed E-state index contributed by atoms with van der Waals surface area (Å²) in [5.41, 5.74) is 0.368. The lowest BCUT2D eigenvalue weighted by Gasteiger charge is -2.11. The fourth-order valence-electron chi connectivity index (χ4n) is 1.81. The standard InChI is InChI=1S/C14H11F3O2/c1-19-13-11(3-2-4-12(13)18)9-5-7-10(8-6-9)14(15,16)17/h2-8,18H,1H3. The summed E-state index contributed by atoms with van der Waals surface area (Å²) in [5.74, 6) is 0.183. The summed E-state index contributed by atoms with van der Waals surface area (Å²) in [7, 11) is 1.39. The van der Waals surface area contributed by atoms with Gasteiger partial charge < -0.3 is 9.84 Å². The van der Waals surface area contributed by atoms with E-state index >= 15 is 0 Å². The van der Waals surface area contributed by atoms with Crippen LogP contribution in [-0.2, 0) is 6.18 Å². The molecule has 0 aliphatic carbocycles. The average molecular weight is 268 g/mol. The second kappa shape index (κ2) is 4.84. The number of alkyl halides is 3. The zero-order chi connectivity index (χ0) is 14.0. The zero-order valence-corrected chi connectivity index (χ0v) is 10.0. The molecule has 1 N–H and O–H groups in total. The molecule has 0 aliphatic heterocycles. The lowest BCUT2D eigenvalue weighted by atomic mass is 10.0. The molecule has 0 radical (unpaired) electrons. The molecule has 0 saturated heterocycles. The number of rotatable bonds is 2. The smallest absolute Gasteiger partial charge is 0.416 e. The Labute approximate surface area is 108 Å². The van der Waals surface area contributed by atoms with E-state index in [1.165, 1.54) is 25.3 Å². The Balaban J connectivity index is 2.46. The van der Waals surface area contributed by atoms with E-state index in [9.17, 15) is 18.3 Å². The van der Waals surface area contributed by atoms with Crippen LogP contribution in [-0.4, -0.2) is 12.2 Å². The van der Waals surface area contributed by atoms with Crippen LogP contribution in [0.15, 0.2) is 42.5 Å². The van der Waals surface area contributed by atoms with Crippen LogP contribution in [0.5, 0.6) is 11.5 Å². The molecule has 0 aromatic heterocycles. The molecule has 100 valence electrons. The highest BCUT2D eigenvalue weighted by Gasteiger charge is 2.30. The summed E-state index contributed by atoms with van der Waals surface area (Å²) >= 11 is 0. The number of halogens is 3. The third-order valence-electron chi connectivity index (χ3n) is 2.72. The molecule has 0 atom stereocenters. The van der Waals surface area contributed by atoms with E-state index in [0.717, 1.165) is 12.1 Å². The van der Waals surface area contributed by atoms with E-state index in [4.69, 9.17) is 4.74 Å². The van der Waals surface area contributed by atoms with Crippen LogP contribution in [0.2, 0.25) is 0 Å². The van der Waals surface area contributed by atoms with Crippen molar-refractivity contribution in [3.8, 4) is 22.6 Å². The Hall–Kier alpha value is -2.17. The molecule has 0 fully saturated rings. The van der Waals surface area contributed by atoms with Gasteiger partial charge in [0.1, 0.15) is 0 Å². The van der Waals surface area contributed by atoms with Gasteiger partial charge in [0.2, 0.25) is 0 Å². The van der Waals surface area contributed by atoms with E-state index < -0.39 is 11.7 Å². The summed E-state index contributed by atoms with van der Waals surface area (Å²) < 4.78 is 42.5. The molecule has 0 aliphatic rings. The van der Waals surface area contributed by atoms with Crippen LogP contribution in [0.1, 0.15) is 5.56 Å². The van der Waals surface area contributed by atoms with Crippen molar-refractivity contribution in [1.29, 1.82) is 0 Å². The maximum Gasteiger partial charge on any atom is 0.416 e. The van der Waals surface area contributed by atoms with Crippen LogP contribution in [0, 0.1) is 0 Å². The molecule has 5 heteroatoms. The lowest BCUT2D eigenvalue weighted by Crippen LogP contribution is -2.04. The third-order valence-corrected chi connectivity index (χ3v) is 2.72. The van der Waals surface area contributed by atoms with Crippen molar-refractivity contribution < 1.29 is 23.0 Å². The summed E-state index contributed by atoms with van der Waals surface area (Å²) in [6, 6.07) is 9.41. The predicted octanol–water partition coefficient (Wildman–Crippen LogP) is 4.09. The van der Waals surface area contributed by atoms with Gasteiger partial charge in [0.05, 0.1) is 12.7 Å². The maximum absolute atomic E-state index is 12.5. The Morgan fingerprint density at radius 1 is 1.00 bits per heavy atom. The molecule has 0 saturated carbocycles. The highest BCUT2D eigenvalue weighted by molar-refractivity contribution is 5.73. The first-order valence-electron chi connectivity index (χ1n) is 5.47. The molecule has 0 bridgehead atoms. The largest absolute Gasteiger partial charge is 0.504 e. The Kier molecular flexibility index (Phi) is 3.38. The summed E-state index contributed by atoms with van der Waals surface area (Å²) in [6.45, 7) is 0. The Bertz CT molecular complexity index is 574. The number of aromatic hydroxyl groups is 1. The molecule has 2 aromatic rings. The summed E-state index contributed by atoms with van der Waals surface area (Å²) in [4.78, 5) is 0. The fourth-order valence-corrected chi connectivity index (χ4v) is 1.81. The van der Waals surface area contributed by atoms with Crippen molar-refractivity contribution in [2.75, 3.05) is 7.11 Å². The van der Waals surface area contributed by atoms with Gasteiger partial charge in [-0.15, -0.1) is 0 Å². The quantitative estimate of drug-likeness (QED) is 0.889. The number of phenols is 1. The van der Waals surface area contributed by atoms with Crippen LogP contribution in [0.25, 0.3) is 11.1 Å². The third kappa shape index (κ3) is 2.65. The van der Waals surface area contributed by atoms with Crippen molar-refractivity contribution in [3.05, 3.63) is 48.0 Å². The van der Waals surface area contributed by atoms with E-state index in [-0.39, 0.29) is 11.5 Å². The van der Waals surface area contributed by atoms with Gasteiger partial charge in [-0.25, -0.2) is 0 Å². The van der Waals surface area contributed by atoms with E-state index in [2.05, 4.69) is 0 Å². The first-order chi connectivity index (χ1) is 8.93. The van der Waals surface area contributed by atoms with Crippen LogP contribution >= 0.6 is 0 Å². The van der Waals surface area contributed by atoms with E-state index in [0.29, 0.717) is 11.1 Å². The molecule has 2 nitrogen and oxygen atoms in total. The average Bonchev–Trinajstić information content (AvgIpc) is 2.37. The number of benzene rings is 2. The molecular formula is C14H11F3O2. The second-order valence-corrected chi connectivity index (χ2v) is 3.93. The van der Waals surface area contributed by atoms with E-state index in [1.54, 1.807) is 12.1 Å². The Morgan fingerprint density at radius 3 is 2.16 bits per heavy atom. The summed E-state index contributed by atoms with van der Waals surface area (Å²) in [6.07, 6.45) is -4.36. The molecule has 2 rings (SSSR count). The van der Waals surface area contributed by atoms with Gasteiger partial charge in [-0.1, -0.05) is 24.3 Å². The minimum absolute atomic E-state index is 0.0557. The first-order valence-corrected chi connectivity index (χ1v) is 5.47. The summed E-state index contributed by atoms with van der Waals surface area (Å²) in [5, 5.41) is 9.63. The topological polar surface area (TPSA) is 29.5 Å². The molecule has 2 aromatic carbocycles. The van der Waals surface area contributed by atoms with Gasteiger partial charge >= 0.3 is 6.18 Å². The molecule has 0 heterocycles. The molecule has 19 heavy (non-hydrogen) atoms. The molecule has 0 amide bonds. The lowest BCUT2D eigenvalue weighted by molar-refractivity contribution is -0.137. The predicted molar refractivity (Wildman–Crippen MR) is 65.1 cm³/mol. The number of hydrogen-bond donors (Lipinski definition) is 1. The zero-order valence-electron chi connectivity index (χ0n) is 10.0. The molecule has 0 spiro atoms. The molecular weight excluding hydrogens is 257 g/mol. The van der Waals surface area contributed by atoms with Gasteiger partial charge in [0.25, 0.3) is 0 Å². The van der Waals surface area contributed by atoms with Crippen molar-refractivity contribution in [2.24, 2.45) is 0 Å². The van der Waals surface area contributed by atoms with Crippen LogP contribution in [0.3, 0.4) is 0 Å². The normalized spacial score (nSPS) is 11.4. The van der Waals surface area contributed by atoms with Crippen molar-refractivity contribution in [2.45, 2.75) is 6.18 Å². The van der Waals surface area contributed by atoms with Gasteiger partial charge in [0, 0.05) is 5.56 Å². The van der Waals surface area contributed by atoms with Gasteiger partial charge in [-0.05, 0) is 23.8 Å². The Morgan fingerprint density at radius 2 is 1.63 bits per heavy atom. The number of methoxy groups -OCH3 is 1. The highest BCUT2D eigenvalue weighted by atomic mass is 19.4. The van der Waals surface area contributed by atoms with Gasteiger partial charge in [0.15, 0.2) is 11.5 Å². The van der Waals surface area contributed by atoms with Crippen LogP contribution < -0.4 is 4.74 Å². The number of hydrogen-bond acceptors (Lipinski definition) is 2. The van der Waals surface area contributed by atoms with E-state index in [1.807, 2.05) is 0 Å². The van der Waals surface area contributed by atoms with Gasteiger partial charge in [-0.2, -0.15) is 13.2 Å². The maximum atomic E-state index is 12.5. The highest BCUT2D eigenvalue weighted by Crippen LogP contribution is 2.38. The SMILES string of the molecule is COc1c(O)cccc1-c1ccc(C(F)(F)F)cc1. The number of phenolic OH excluding ortho intramolecular Hbond substituents is 1. The monoisotopic (exact) mass is 268 g/mol. The van der Waals surface area contributed by atoms with Crippen molar-refractivity contribution in [3.63, 3.8) is 0 Å². The first kappa shape index (κ1) is 13.3. The minimum atomic E-state index is -4.36. The minimum Gasteiger partial charge on any atom is -0.504 e. The molecule has 0 unspecified atom stereocenters. The number of para-hydroxylation sites is 1. The van der Waals surface area contributed by atoms with Crippen molar-refractivity contribution >= 4 is 0 Å². The number of ether oxygens (including phenoxy) is 1. The van der Waals surface area contributed by atoms with Gasteiger partial charge in [-0.3, -0.25) is 0 Å². The van der Waals surface area contributed by atoms with Crippen LogP contribution in [0.4, 0.5) is 13.2 Å². The second-order valence-electron chi connectivity index (χ2n) is 3.93.